The molecule has 0 spiro atoms. The van der Waals surface area contributed by atoms with E-state index in [2.05, 4.69) is 50.2 Å². The van der Waals surface area contributed by atoms with Crippen LogP contribution >= 0.6 is 0 Å². The third-order valence-corrected chi connectivity index (χ3v) is 2.32. The molecule has 0 aliphatic heterocycles. The first-order chi connectivity index (χ1) is 6.79. The Labute approximate surface area is 86.6 Å². The van der Waals surface area contributed by atoms with E-state index in [0.29, 0.717) is 0 Å². The molecular formula is C14H18. The molecule has 2 aromatic rings. The standard InChI is InChI=1S/C12H12.C2H6/c1-9-5-3-7-11-8-4-6-10(2)12(9)11;1-2/h3-8H,1-2H3;1-2H3. The Morgan fingerprint density at radius 2 is 1.14 bits per heavy atom. The highest BCUT2D eigenvalue weighted by molar-refractivity contribution is 5.88. The van der Waals surface area contributed by atoms with Crippen molar-refractivity contribution in [1.82, 2.24) is 0 Å². The van der Waals surface area contributed by atoms with Gasteiger partial charge in [0.15, 0.2) is 0 Å². The fourth-order valence-electron chi connectivity index (χ4n) is 1.75. The van der Waals surface area contributed by atoms with E-state index in [1.54, 1.807) is 0 Å². The lowest BCUT2D eigenvalue weighted by Gasteiger charge is -2.04. The summed E-state index contributed by atoms with van der Waals surface area (Å²) in [6.45, 7) is 8.32. The Balaban J connectivity index is 0.000000461. The average Bonchev–Trinajstić information content (AvgIpc) is 2.21. The zero-order valence-corrected chi connectivity index (χ0v) is 9.46. The molecular weight excluding hydrogens is 168 g/mol. The minimum Gasteiger partial charge on any atom is -0.0683 e. The minimum atomic E-state index is 1.34. The van der Waals surface area contributed by atoms with Crippen LogP contribution in [0.5, 0.6) is 0 Å². The summed E-state index contributed by atoms with van der Waals surface area (Å²) in [5.41, 5.74) is 2.73. The highest BCUT2D eigenvalue weighted by atomic mass is 14.0. The van der Waals surface area contributed by atoms with E-state index in [4.69, 9.17) is 0 Å². The van der Waals surface area contributed by atoms with Crippen LogP contribution in [0.25, 0.3) is 10.8 Å². The maximum atomic E-state index is 2.16. The molecule has 2 rings (SSSR count). The molecule has 0 unspecified atom stereocenters. The Kier molecular flexibility index (Phi) is 3.70. The molecule has 2 aromatic carbocycles. The number of aryl methyl sites for hydroxylation is 2. The molecule has 0 nitrogen and oxygen atoms in total. The van der Waals surface area contributed by atoms with Gasteiger partial charge in [0, 0.05) is 0 Å². The van der Waals surface area contributed by atoms with Gasteiger partial charge in [-0.15, -0.1) is 0 Å². The number of rotatable bonds is 0. The van der Waals surface area contributed by atoms with Crippen LogP contribution in [0.1, 0.15) is 25.0 Å². The van der Waals surface area contributed by atoms with Crippen molar-refractivity contribution in [2.24, 2.45) is 0 Å². The normalized spacial score (nSPS) is 9.43. The summed E-state index contributed by atoms with van der Waals surface area (Å²) in [6, 6.07) is 12.9. The van der Waals surface area contributed by atoms with Crippen molar-refractivity contribution in [2.75, 3.05) is 0 Å². The van der Waals surface area contributed by atoms with Gasteiger partial charge in [0.05, 0.1) is 0 Å². The second-order valence-electron chi connectivity index (χ2n) is 3.25. The van der Waals surface area contributed by atoms with Gasteiger partial charge in [-0.05, 0) is 35.7 Å². The SMILES string of the molecule is CC.Cc1cccc2cccc(C)c12. The first-order valence-electron chi connectivity index (χ1n) is 5.24. The molecule has 0 atom stereocenters. The Hall–Kier alpha value is -1.30. The van der Waals surface area contributed by atoms with E-state index < -0.39 is 0 Å². The summed E-state index contributed by atoms with van der Waals surface area (Å²) >= 11 is 0. The molecule has 0 heteroatoms. The molecule has 0 aliphatic carbocycles. The summed E-state index contributed by atoms with van der Waals surface area (Å²) in [4.78, 5) is 0. The Morgan fingerprint density at radius 3 is 1.50 bits per heavy atom. The highest BCUT2D eigenvalue weighted by Gasteiger charge is 1.97. The fraction of sp³-hybridized carbons (Fsp3) is 0.286. The number of fused-ring (bicyclic) bond motifs is 1. The Morgan fingerprint density at radius 1 is 0.714 bits per heavy atom. The predicted octanol–water partition coefficient (Wildman–Crippen LogP) is 4.48. The summed E-state index contributed by atoms with van der Waals surface area (Å²) in [5.74, 6) is 0. The number of hydrogen-bond acceptors (Lipinski definition) is 0. The molecule has 0 saturated carbocycles. The second kappa shape index (κ2) is 4.80. The van der Waals surface area contributed by atoms with Crippen LogP contribution in [0.4, 0.5) is 0 Å². The first kappa shape index (κ1) is 10.8. The van der Waals surface area contributed by atoms with Gasteiger partial charge in [-0.2, -0.15) is 0 Å². The van der Waals surface area contributed by atoms with Crippen LogP contribution in [0.2, 0.25) is 0 Å². The first-order valence-corrected chi connectivity index (χ1v) is 5.24. The molecule has 0 fully saturated rings. The molecule has 74 valence electrons. The van der Waals surface area contributed by atoms with E-state index in [1.165, 1.54) is 21.9 Å². The van der Waals surface area contributed by atoms with Gasteiger partial charge < -0.3 is 0 Å². The van der Waals surface area contributed by atoms with Crippen molar-refractivity contribution in [3.8, 4) is 0 Å². The fourth-order valence-corrected chi connectivity index (χ4v) is 1.75. The van der Waals surface area contributed by atoms with Crippen molar-refractivity contribution < 1.29 is 0 Å². The van der Waals surface area contributed by atoms with Gasteiger partial charge in [-0.1, -0.05) is 50.2 Å². The van der Waals surface area contributed by atoms with E-state index in [0.717, 1.165) is 0 Å². The number of hydrogen-bond donors (Lipinski definition) is 0. The van der Waals surface area contributed by atoms with E-state index in [9.17, 15) is 0 Å². The number of benzene rings is 2. The van der Waals surface area contributed by atoms with Gasteiger partial charge in [0.2, 0.25) is 0 Å². The van der Waals surface area contributed by atoms with E-state index in [-0.39, 0.29) is 0 Å². The van der Waals surface area contributed by atoms with Crippen LogP contribution in [0.3, 0.4) is 0 Å². The third-order valence-electron chi connectivity index (χ3n) is 2.32. The largest absolute Gasteiger partial charge is 0.0683 e. The van der Waals surface area contributed by atoms with Crippen LogP contribution in [-0.2, 0) is 0 Å². The summed E-state index contributed by atoms with van der Waals surface area (Å²) < 4.78 is 0. The quantitative estimate of drug-likeness (QED) is 0.569. The summed E-state index contributed by atoms with van der Waals surface area (Å²) in [5, 5.41) is 2.75. The third kappa shape index (κ3) is 1.95. The zero-order chi connectivity index (χ0) is 10.6. The van der Waals surface area contributed by atoms with Crippen LogP contribution in [0.15, 0.2) is 36.4 Å². The molecule has 0 heterocycles. The van der Waals surface area contributed by atoms with Crippen molar-refractivity contribution in [3.05, 3.63) is 47.5 Å². The van der Waals surface area contributed by atoms with Crippen molar-refractivity contribution >= 4 is 10.8 Å². The molecule has 0 N–H and O–H groups in total. The Bertz CT molecular complexity index is 377. The average molecular weight is 186 g/mol. The summed E-state index contributed by atoms with van der Waals surface area (Å²) in [6.07, 6.45) is 0. The van der Waals surface area contributed by atoms with E-state index >= 15 is 0 Å². The maximum absolute atomic E-state index is 2.16. The monoisotopic (exact) mass is 186 g/mol. The van der Waals surface area contributed by atoms with Crippen LogP contribution < -0.4 is 0 Å². The molecule has 0 saturated heterocycles. The van der Waals surface area contributed by atoms with Gasteiger partial charge in [0.1, 0.15) is 0 Å². The molecule has 14 heavy (non-hydrogen) atoms. The summed E-state index contributed by atoms with van der Waals surface area (Å²) in [7, 11) is 0. The molecule has 0 aromatic heterocycles. The lowest BCUT2D eigenvalue weighted by molar-refractivity contribution is 1.46. The predicted molar refractivity (Wildman–Crippen MR) is 64.8 cm³/mol. The lowest BCUT2D eigenvalue weighted by atomic mass is 10.0. The topological polar surface area (TPSA) is 0 Å². The lowest BCUT2D eigenvalue weighted by Crippen LogP contribution is -1.81. The van der Waals surface area contributed by atoms with E-state index in [1.807, 2.05) is 13.8 Å². The van der Waals surface area contributed by atoms with Crippen LogP contribution in [-0.4, -0.2) is 0 Å². The second-order valence-corrected chi connectivity index (χ2v) is 3.25. The van der Waals surface area contributed by atoms with Gasteiger partial charge >= 0.3 is 0 Å². The molecule has 0 radical (unpaired) electrons. The van der Waals surface area contributed by atoms with Gasteiger partial charge in [0.25, 0.3) is 0 Å². The van der Waals surface area contributed by atoms with Crippen LogP contribution in [0, 0.1) is 13.8 Å². The molecule has 0 aliphatic rings. The van der Waals surface area contributed by atoms with Crippen molar-refractivity contribution in [2.45, 2.75) is 27.7 Å². The molecule has 0 amide bonds. The van der Waals surface area contributed by atoms with Crippen molar-refractivity contribution in [1.29, 1.82) is 0 Å². The van der Waals surface area contributed by atoms with Crippen molar-refractivity contribution in [3.63, 3.8) is 0 Å². The minimum absolute atomic E-state index is 1.34. The smallest absolute Gasteiger partial charge is 0.0125 e. The van der Waals surface area contributed by atoms with Gasteiger partial charge in [-0.25, -0.2) is 0 Å². The highest BCUT2D eigenvalue weighted by Crippen LogP contribution is 2.21. The zero-order valence-electron chi connectivity index (χ0n) is 9.46. The maximum Gasteiger partial charge on any atom is -0.0125 e. The van der Waals surface area contributed by atoms with Gasteiger partial charge in [-0.3, -0.25) is 0 Å². The molecule has 0 bridgehead atoms.